The monoisotopic (exact) mass is 300 g/mol. The van der Waals surface area contributed by atoms with Crippen molar-refractivity contribution in [3.05, 3.63) is 28.2 Å². The average Bonchev–Trinajstić information content (AvgIpc) is 2.80. The third-order valence-electron chi connectivity index (χ3n) is 2.48. The van der Waals surface area contributed by atoms with E-state index in [1.165, 1.54) is 7.11 Å². The molecule has 1 aromatic rings. The lowest BCUT2D eigenvalue weighted by Crippen LogP contribution is -2.16. The van der Waals surface area contributed by atoms with E-state index < -0.39 is 0 Å². The molecule has 0 aliphatic carbocycles. The molecular weight excluding hydrogens is 288 g/mol. The highest BCUT2D eigenvalue weighted by atomic mass is 79.9. The number of hydrogen-bond donors (Lipinski definition) is 0. The Hall–Kier alpha value is -1.07. The van der Waals surface area contributed by atoms with E-state index >= 15 is 0 Å². The van der Waals surface area contributed by atoms with Crippen LogP contribution in [-0.2, 0) is 9.47 Å². The molecule has 0 N–H and O–H groups in total. The Labute approximate surface area is 108 Å². The van der Waals surface area contributed by atoms with E-state index in [0.29, 0.717) is 17.9 Å². The zero-order chi connectivity index (χ0) is 12.3. The van der Waals surface area contributed by atoms with Gasteiger partial charge in [-0.25, -0.2) is 4.79 Å². The van der Waals surface area contributed by atoms with Crippen molar-refractivity contribution < 1.29 is 19.0 Å². The first-order chi connectivity index (χ1) is 8.19. The van der Waals surface area contributed by atoms with Gasteiger partial charge in [-0.3, -0.25) is 0 Å². The number of carbonyl (C=O) groups is 1. The molecule has 1 aliphatic heterocycles. The second kappa shape index (κ2) is 5.51. The minimum absolute atomic E-state index is 0.0646. The van der Waals surface area contributed by atoms with Crippen LogP contribution in [0.4, 0.5) is 0 Å². The predicted molar refractivity (Wildman–Crippen MR) is 65.3 cm³/mol. The molecule has 1 atom stereocenters. The summed E-state index contributed by atoms with van der Waals surface area (Å²) in [5.74, 6) is 0.272. The number of methoxy groups -OCH3 is 1. The van der Waals surface area contributed by atoms with Crippen molar-refractivity contribution in [2.45, 2.75) is 12.5 Å². The van der Waals surface area contributed by atoms with E-state index in [2.05, 4.69) is 20.7 Å². The van der Waals surface area contributed by atoms with E-state index in [0.717, 1.165) is 17.5 Å². The first-order valence-corrected chi connectivity index (χ1v) is 6.11. The van der Waals surface area contributed by atoms with Gasteiger partial charge in [-0.2, -0.15) is 0 Å². The molecule has 0 amide bonds. The Kier molecular flexibility index (Phi) is 4.02. The number of benzene rings is 1. The van der Waals surface area contributed by atoms with Gasteiger partial charge in [0.2, 0.25) is 0 Å². The van der Waals surface area contributed by atoms with Gasteiger partial charge in [-0.15, -0.1) is 0 Å². The summed E-state index contributed by atoms with van der Waals surface area (Å²) in [6.07, 6.45) is 0.940. The minimum atomic E-state index is -0.376. The van der Waals surface area contributed by atoms with Gasteiger partial charge in [-0.1, -0.05) is 15.9 Å². The molecule has 2 rings (SSSR count). The van der Waals surface area contributed by atoms with E-state index in [4.69, 9.17) is 9.47 Å². The van der Waals surface area contributed by atoms with Crippen molar-refractivity contribution in [2.75, 3.05) is 20.3 Å². The minimum Gasteiger partial charge on any atom is -0.488 e. The Morgan fingerprint density at radius 1 is 1.47 bits per heavy atom. The molecule has 5 heteroatoms. The average molecular weight is 301 g/mol. The zero-order valence-electron chi connectivity index (χ0n) is 9.44. The molecule has 0 bridgehead atoms. The highest BCUT2D eigenvalue weighted by Crippen LogP contribution is 2.24. The molecule has 92 valence electrons. The Morgan fingerprint density at radius 3 is 2.94 bits per heavy atom. The summed E-state index contributed by atoms with van der Waals surface area (Å²) in [5, 5.41) is 0. The van der Waals surface area contributed by atoms with Crippen LogP contribution in [0.25, 0.3) is 0 Å². The third kappa shape index (κ3) is 3.20. The standard InChI is InChI=1S/C12H13BrO4/c1-15-12(14)8-4-9(13)6-11(5-8)17-10-2-3-16-7-10/h4-6,10H,2-3,7H2,1H3/t10-/m1/s1. The number of rotatable bonds is 3. The number of hydrogen-bond acceptors (Lipinski definition) is 4. The molecule has 0 saturated carbocycles. The highest BCUT2D eigenvalue weighted by Gasteiger charge is 2.18. The summed E-state index contributed by atoms with van der Waals surface area (Å²) in [7, 11) is 1.36. The van der Waals surface area contributed by atoms with Gasteiger partial charge < -0.3 is 14.2 Å². The zero-order valence-corrected chi connectivity index (χ0v) is 11.0. The fourth-order valence-corrected chi connectivity index (χ4v) is 2.14. The maximum atomic E-state index is 11.4. The molecule has 1 heterocycles. The Balaban J connectivity index is 2.15. The maximum Gasteiger partial charge on any atom is 0.338 e. The van der Waals surface area contributed by atoms with Crippen LogP contribution >= 0.6 is 15.9 Å². The molecule has 1 aliphatic rings. The summed E-state index contributed by atoms with van der Waals surface area (Å²) in [5.41, 5.74) is 0.468. The molecule has 0 spiro atoms. The largest absolute Gasteiger partial charge is 0.488 e. The molecule has 1 fully saturated rings. The number of esters is 1. The Morgan fingerprint density at radius 2 is 2.29 bits per heavy atom. The van der Waals surface area contributed by atoms with Crippen LogP contribution in [-0.4, -0.2) is 32.4 Å². The first kappa shape index (κ1) is 12.4. The molecular formula is C12H13BrO4. The summed E-state index contributed by atoms with van der Waals surface area (Å²) < 4.78 is 16.4. The molecule has 0 aromatic heterocycles. The van der Waals surface area contributed by atoms with Crippen LogP contribution in [0, 0.1) is 0 Å². The topological polar surface area (TPSA) is 44.8 Å². The normalized spacial score (nSPS) is 19.1. The first-order valence-electron chi connectivity index (χ1n) is 5.32. The van der Waals surface area contributed by atoms with Gasteiger partial charge in [-0.05, 0) is 18.2 Å². The van der Waals surface area contributed by atoms with E-state index in [1.807, 2.05) is 6.07 Å². The second-order valence-electron chi connectivity index (χ2n) is 3.77. The van der Waals surface area contributed by atoms with Crippen LogP contribution in [0.3, 0.4) is 0 Å². The van der Waals surface area contributed by atoms with E-state index in [9.17, 15) is 4.79 Å². The van der Waals surface area contributed by atoms with Crippen molar-refractivity contribution in [1.29, 1.82) is 0 Å². The summed E-state index contributed by atoms with van der Waals surface area (Å²) in [6, 6.07) is 5.20. The van der Waals surface area contributed by atoms with Crippen molar-refractivity contribution in [1.82, 2.24) is 0 Å². The van der Waals surface area contributed by atoms with Gasteiger partial charge >= 0.3 is 5.97 Å². The lowest BCUT2D eigenvalue weighted by atomic mass is 10.2. The lowest BCUT2D eigenvalue weighted by Gasteiger charge is -2.13. The fourth-order valence-electron chi connectivity index (χ4n) is 1.66. The second-order valence-corrected chi connectivity index (χ2v) is 4.69. The molecule has 0 unspecified atom stereocenters. The predicted octanol–water partition coefficient (Wildman–Crippen LogP) is 2.40. The van der Waals surface area contributed by atoms with Crippen LogP contribution in [0.5, 0.6) is 5.75 Å². The van der Waals surface area contributed by atoms with Gasteiger partial charge in [0.25, 0.3) is 0 Å². The van der Waals surface area contributed by atoms with Gasteiger partial charge in [0.15, 0.2) is 0 Å². The van der Waals surface area contributed by atoms with Crippen LogP contribution in [0.15, 0.2) is 22.7 Å². The highest BCUT2D eigenvalue weighted by molar-refractivity contribution is 9.10. The van der Waals surface area contributed by atoms with Gasteiger partial charge in [0.05, 0.1) is 25.9 Å². The summed E-state index contributed by atoms with van der Waals surface area (Å²) in [6.45, 7) is 1.32. The van der Waals surface area contributed by atoms with Crippen LogP contribution in [0.1, 0.15) is 16.8 Å². The number of halogens is 1. The SMILES string of the molecule is COC(=O)c1cc(Br)cc(O[C@@H]2CCOC2)c1. The van der Waals surface area contributed by atoms with Gasteiger partial charge in [0.1, 0.15) is 11.9 Å². The summed E-state index contributed by atoms with van der Waals surface area (Å²) >= 11 is 3.34. The summed E-state index contributed by atoms with van der Waals surface area (Å²) in [4.78, 5) is 11.4. The van der Waals surface area contributed by atoms with Crippen molar-refractivity contribution in [3.8, 4) is 5.75 Å². The smallest absolute Gasteiger partial charge is 0.338 e. The van der Waals surface area contributed by atoms with Crippen LogP contribution < -0.4 is 4.74 Å². The molecule has 1 saturated heterocycles. The molecule has 0 radical (unpaired) electrons. The third-order valence-corrected chi connectivity index (χ3v) is 2.94. The molecule has 17 heavy (non-hydrogen) atoms. The van der Waals surface area contributed by atoms with Crippen molar-refractivity contribution >= 4 is 21.9 Å². The van der Waals surface area contributed by atoms with E-state index in [-0.39, 0.29) is 12.1 Å². The molecule has 4 nitrogen and oxygen atoms in total. The van der Waals surface area contributed by atoms with E-state index in [1.54, 1.807) is 12.1 Å². The Bertz CT molecular complexity index is 413. The van der Waals surface area contributed by atoms with Crippen LogP contribution in [0.2, 0.25) is 0 Å². The van der Waals surface area contributed by atoms with Crippen molar-refractivity contribution in [2.24, 2.45) is 0 Å². The lowest BCUT2D eigenvalue weighted by molar-refractivity contribution is 0.0599. The van der Waals surface area contributed by atoms with Crippen molar-refractivity contribution in [3.63, 3.8) is 0 Å². The molecule has 1 aromatic carbocycles. The number of ether oxygens (including phenoxy) is 3. The quantitative estimate of drug-likeness (QED) is 0.804. The maximum absolute atomic E-state index is 11.4. The number of carbonyl (C=O) groups excluding carboxylic acids is 1. The fraction of sp³-hybridized carbons (Fsp3) is 0.417. The van der Waals surface area contributed by atoms with Gasteiger partial charge in [0, 0.05) is 10.9 Å².